The van der Waals surface area contributed by atoms with Crippen LogP contribution in [0.25, 0.3) is 33.4 Å². The third-order valence-corrected chi connectivity index (χ3v) is 10.7. The lowest BCUT2D eigenvalue weighted by molar-refractivity contribution is -0.138. The van der Waals surface area contributed by atoms with E-state index < -0.39 is 52.5 Å². The van der Waals surface area contributed by atoms with Gasteiger partial charge in [-0.05, 0) is 60.7 Å². The van der Waals surface area contributed by atoms with E-state index in [0.717, 1.165) is 36.1 Å². The molecule has 6 heterocycles. The van der Waals surface area contributed by atoms with Crippen molar-refractivity contribution in [3.63, 3.8) is 0 Å². The van der Waals surface area contributed by atoms with Crippen LogP contribution in [0.15, 0.2) is 77.5 Å². The van der Waals surface area contributed by atoms with Crippen LogP contribution in [0.5, 0.6) is 0 Å². The summed E-state index contributed by atoms with van der Waals surface area (Å²) >= 11 is 3.06. The average molecular weight is 1010 g/mol. The topological polar surface area (TPSA) is 195 Å². The van der Waals surface area contributed by atoms with Crippen molar-refractivity contribution in [1.82, 2.24) is 39.3 Å². The minimum Gasteiger partial charge on any atom is -0.464 e. The molecule has 6 aromatic rings. The van der Waals surface area contributed by atoms with Crippen molar-refractivity contribution in [2.45, 2.75) is 43.8 Å². The number of fused-ring (bicyclic) bond motifs is 2. The largest absolute Gasteiger partial charge is 0.464 e. The molecule has 2 amide bonds. The summed E-state index contributed by atoms with van der Waals surface area (Å²) in [7, 11) is 5.48. The van der Waals surface area contributed by atoms with Crippen LogP contribution in [0.3, 0.4) is 0 Å². The molecule has 0 aliphatic carbocycles. The van der Waals surface area contributed by atoms with Gasteiger partial charge in [0.1, 0.15) is 0 Å². The fourth-order valence-corrected chi connectivity index (χ4v) is 7.20. The quantitative estimate of drug-likeness (QED) is 0.119. The number of likely N-dealkylation sites (tertiary alicyclic amines) is 2. The first-order valence-electron chi connectivity index (χ1n) is 19.4. The molecular formula is C45H39BrF6N8O8. The van der Waals surface area contributed by atoms with Gasteiger partial charge in [0.05, 0.1) is 47.5 Å². The highest BCUT2D eigenvalue weighted by atomic mass is 79.9. The number of aliphatic hydroxyl groups is 2. The van der Waals surface area contributed by atoms with E-state index in [1.807, 2.05) is 0 Å². The Balaban J connectivity index is 0.000000215. The van der Waals surface area contributed by atoms with Crippen LogP contribution in [0.1, 0.15) is 57.9 Å². The highest BCUT2D eigenvalue weighted by molar-refractivity contribution is 9.10. The summed E-state index contributed by atoms with van der Waals surface area (Å²) in [4.78, 5) is 58.1. The van der Waals surface area contributed by atoms with E-state index in [1.165, 1.54) is 53.2 Å². The molecule has 2 N–H and O–H groups in total. The first-order valence-corrected chi connectivity index (χ1v) is 20.2. The van der Waals surface area contributed by atoms with Crippen LogP contribution >= 0.6 is 15.9 Å². The number of carbonyl (C=O) groups excluding carboxylic acids is 4. The Morgan fingerprint density at radius 2 is 1.18 bits per heavy atom. The summed E-state index contributed by atoms with van der Waals surface area (Å²) in [6.45, 7) is 0.818. The minimum absolute atomic E-state index is 0. The zero-order chi connectivity index (χ0) is 49.2. The summed E-state index contributed by atoms with van der Waals surface area (Å²) in [5.74, 6) is 4.53. The first kappa shape index (κ1) is 51.6. The number of pyridine rings is 2. The summed E-state index contributed by atoms with van der Waals surface area (Å²) in [6, 6.07) is 12.6. The van der Waals surface area contributed by atoms with Crippen LogP contribution in [0.4, 0.5) is 26.3 Å². The lowest BCUT2D eigenvalue weighted by Gasteiger charge is -2.13. The summed E-state index contributed by atoms with van der Waals surface area (Å²) < 4.78 is 91.8. The molecule has 0 unspecified atom stereocenters. The molecule has 2 aliphatic heterocycles. The molecule has 2 fully saturated rings. The van der Waals surface area contributed by atoms with Crippen LogP contribution in [0.2, 0.25) is 0 Å². The number of carbonyl (C=O) groups is 4. The van der Waals surface area contributed by atoms with Gasteiger partial charge in [0.15, 0.2) is 22.7 Å². The average Bonchev–Trinajstić information content (AvgIpc) is 4.03. The molecular weight excluding hydrogens is 974 g/mol. The predicted molar refractivity (Wildman–Crippen MR) is 235 cm³/mol. The predicted octanol–water partition coefficient (Wildman–Crippen LogP) is 6.01. The second kappa shape index (κ2) is 19.9. The normalized spacial score (nSPS) is 17.8. The number of halogens is 7. The number of hydrogen-bond acceptors (Lipinski definition) is 12. The van der Waals surface area contributed by atoms with E-state index in [-0.39, 0.29) is 70.4 Å². The van der Waals surface area contributed by atoms with Crippen LogP contribution in [-0.4, -0.2) is 126 Å². The lowest BCUT2D eigenvalue weighted by atomic mass is 10.0. The monoisotopic (exact) mass is 1010 g/mol. The van der Waals surface area contributed by atoms with Gasteiger partial charge >= 0.3 is 24.3 Å². The highest BCUT2D eigenvalue weighted by Crippen LogP contribution is 2.35. The molecule has 23 heteroatoms. The Bertz CT molecular complexity index is 3050. The Morgan fingerprint density at radius 3 is 1.57 bits per heavy atom. The summed E-state index contributed by atoms with van der Waals surface area (Å²) in [6.07, 6.45) is -0.997. The lowest BCUT2D eigenvalue weighted by Crippen LogP contribution is -2.37. The number of rotatable bonds is 4. The zero-order valence-corrected chi connectivity index (χ0v) is 37.0. The molecule has 2 aliphatic rings. The smallest absolute Gasteiger partial charge is 0.416 e. The number of esters is 2. The molecule has 0 bridgehead atoms. The maximum atomic E-state index is 13.6. The highest BCUT2D eigenvalue weighted by Gasteiger charge is 2.43. The maximum Gasteiger partial charge on any atom is 0.416 e. The van der Waals surface area contributed by atoms with Gasteiger partial charge in [0.25, 0.3) is 11.8 Å². The minimum atomic E-state index is -4.71. The number of aromatic nitrogens is 6. The Hall–Kier alpha value is -7.34. The number of ether oxygens (including phenoxy) is 2. The van der Waals surface area contributed by atoms with E-state index in [4.69, 9.17) is 11.2 Å². The number of amides is 2. The first-order chi connectivity index (χ1) is 31.4. The van der Waals surface area contributed by atoms with E-state index in [1.54, 1.807) is 31.3 Å². The van der Waals surface area contributed by atoms with Crippen molar-refractivity contribution in [2.24, 2.45) is 0 Å². The van der Waals surface area contributed by atoms with Gasteiger partial charge in [-0.3, -0.25) is 9.59 Å². The van der Waals surface area contributed by atoms with Crippen molar-refractivity contribution in [3.05, 3.63) is 106 Å². The van der Waals surface area contributed by atoms with Gasteiger partial charge in [-0.25, -0.2) is 28.9 Å². The Morgan fingerprint density at radius 1 is 0.735 bits per heavy atom. The number of methoxy groups -OCH3 is 2. The molecule has 2 atom stereocenters. The van der Waals surface area contributed by atoms with E-state index in [0.29, 0.717) is 23.7 Å². The molecule has 8 rings (SSSR count). The van der Waals surface area contributed by atoms with E-state index >= 15 is 0 Å². The SMILES string of the molecule is C.C#C[C@]1(O)CCN(C)C1=O.COC(=O)c1nn(-c2cc(Br)cc(C(F)(F)F)c2)c2ncccc12.COC(=O)c1nn(-c2cc(C#C[C@]3(O)CCN(C)C3=O)cc(C(F)(F)F)c2)c2ncccc12. The Labute approximate surface area is 391 Å². The number of alkyl halides is 6. The summed E-state index contributed by atoms with van der Waals surface area (Å²) in [5.41, 5.74) is -5.13. The number of benzene rings is 2. The molecule has 68 heavy (non-hydrogen) atoms. The maximum absolute atomic E-state index is 13.6. The van der Waals surface area contributed by atoms with Crippen LogP contribution < -0.4 is 0 Å². The molecule has 4 aromatic heterocycles. The standard InChI is InChI=1S/C22H17F3N4O4.C15H9BrF3N3O2.C7H9NO2.CH4/c1-28-9-7-21(32,20(28)31)6-5-13-10-14(22(23,24)25)12-15(11-13)29-18-16(4-3-8-26-18)17(27-29)19(30)33-2;1-24-14(23)12-11-3-2-4-20-13(11)22(21-12)10-6-8(15(17,18)19)5-9(16)7-10;1-3-7(10)4-5-8(2)6(7)9;/h3-4,8,10-12,32H,7,9H2,1-2H3;2-7H,1H3;1,10H,4-5H2,2H3;1H4/t21-;;7-;/m0.0./s1. The van der Waals surface area contributed by atoms with Gasteiger partial charge in [0.2, 0.25) is 11.2 Å². The fourth-order valence-electron chi connectivity index (χ4n) is 6.72. The third-order valence-electron chi connectivity index (χ3n) is 10.3. The second-order valence-corrected chi connectivity index (χ2v) is 15.7. The third kappa shape index (κ3) is 10.6. The molecule has 0 saturated carbocycles. The molecule has 0 radical (unpaired) electrons. The molecule has 0 spiro atoms. The molecule has 16 nitrogen and oxygen atoms in total. The zero-order valence-electron chi connectivity index (χ0n) is 35.4. The molecule has 2 saturated heterocycles. The fraction of sp³-hybridized carbons (Fsp3) is 0.289. The number of nitrogens with zero attached hydrogens (tertiary/aromatic N) is 8. The van der Waals surface area contributed by atoms with E-state index in [2.05, 4.69) is 58.6 Å². The van der Waals surface area contributed by atoms with Gasteiger partial charge in [-0.1, -0.05) is 41.1 Å². The van der Waals surface area contributed by atoms with Gasteiger partial charge in [-0.2, -0.15) is 36.5 Å². The van der Waals surface area contributed by atoms with Gasteiger partial charge in [-0.15, -0.1) is 6.42 Å². The van der Waals surface area contributed by atoms with Gasteiger partial charge in [0, 0.05) is 62.5 Å². The van der Waals surface area contributed by atoms with Gasteiger partial charge < -0.3 is 29.5 Å². The molecule has 2 aromatic carbocycles. The Kier molecular flexibility index (Phi) is 15.1. The van der Waals surface area contributed by atoms with Crippen molar-refractivity contribution in [2.75, 3.05) is 41.4 Å². The number of likely N-dealkylation sites (N-methyl/N-ethyl adjacent to an activating group) is 2. The number of hydrogen-bond donors (Lipinski definition) is 2. The number of terminal acetylenes is 1. The van der Waals surface area contributed by atoms with Crippen molar-refractivity contribution >= 4 is 61.7 Å². The van der Waals surface area contributed by atoms with E-state index in [9.17, 15) is 55.7 Å². The molecule has 356 valence electrons. The van der Waals surface area contributed by atoms with Crippen LogP contribution in [0, 0.1) is 24.2 Å². The summed E-state index contributed by atoms with van der Waals surface area (Å²) in [5, 5.41) is 28.7. The van der Waals surface area contributed by atoms with Crippen molar-refractivity contribution in [1.29, 1.82) is 0 Å². The van der Waals surface area contributed by atoms with Crippen molar-refractivity contribution < 1.29 is 65.2 Å². The second-order valence-electron chi connectivity index (χ2n) is 14.8. The van der Waals surface area contributed by atoms with Crippen LogP contribution in [-0.2, 0) is 31.4 Å². The van der Waals surface area contributed by atoms with Crippen molar-refractivity contribution in [3.8, 4) is 35.6 Å².